The summed E-state index contributed by atoms with van der Waals surface area (Å²) in [6.07, 6.45) is 4.28. The molecule has 1 heterocycles. The predicted molar refractivity (Wildman–Crippen MR) is 69.7 cm³/mol. The van der Waals surface area contributed by atoms with Crippen LogP contribution < -0.4 is 11.3 Å². The van der Waals surface area contributed by atoms with Crippen molar-refractivity contribution in [3.05, 3.63) is 0 Å². The third-order valence-electron chi connectivity index (χ3n) is 3.56. The second-order valence-corrected chi connectivity index (χ2v) is 7.36. The minimum atomic E-state index is -3.04. The summed E-state index contributed by atoms with van der Waals surface area (Å²) in [6.45, 7) is 5.56. The zero-order valence-electron chi connectivity index (χ0n) is 11.0. The van der Waals surface area contributed by atoms with Crippen LogP contribution in [0, 0.1) is 11.8 Å². The number of piperidine rings is 1. The topological polar surface area (TPSA) is 75.4 Å². The minimum Gasteiger partial charge on any atom is -0.271 e. The summed E-state index contributed by atoms with van der Waals surface area (Å²) in [4.78, 5) is 0. The molecule has 1 aliphatic rings. The molecule has 6 heteroatoms. The van der Waals surface area contributed by atoms with E-state index in [2.05, 4.69) is 19.3 Å². The van der Waals surface area contributed by atoms with Gasteiger partial charge in [-0.15, -0.1) is 0 Å². The Hall–Kier alpha value is -0.170. The van der Waals surface area contributed by atoms with Gasteiger partial charge in [-0.3, -0.25) is 11.3 Å². The summed E-state index contributed by atoms with van der Waals surface area (Å²) in [5.41, 5.74) is 2.83. The van der Waals surface area contributed by atoms with Crippen molar-refractivity contribution < 1.29 is 8.42 Å². The molecule has 102 valence electrons. The molecule has 2 atom stereocenters. The molecule has 2 unspecified atom stereocenters. The van der Waals surface area contributed by atoms with Gasteiger partial charge in [0.2, 0.25) is 10.0 Å². The highest BCUT2D eigenvalue weighted by Crippen LogP contribution is 2.24. The molecule has 0 aliphatic carbocycles. The number of sulfonamides is 1. The zero-order valence-corrected chi connectivity index (χ0v) is 11.8. The fourth-order valence-corrected chi connectivity index (χ4v) is 3.35. The van der Waals surface area contributed by atoms with Crippen LogP contribution in [0.2, 0.25) is 0 Å². The third kappa shape index (κ3) is 4.54. The molecule has 1 fully saturated rings. The first-order valence-corrected chi connectivity index (χ1v) is 8.10. The zero-order chi connectivity index (χ0) is 13.1. The fraction of sp³-hybridized carbons (Fsp3) is 1.00. The van der Waals surface area contributed by atoms with Crippen LogP contribution in [0.25, 0.3) is 0 Å². The molecule has 0 spiro atoms. The summed E-state index contributed by atoms with van der Waals surface area (Å²) in [7, 11) is -3.04. The van der Waals surface area contributed by atoms with Crippen LogP contribution in [-0.4, -0.2) is 38.1 Å². The van der Waals surface area contributed by atoms with E-state index in [1.807, 2.05) is 0 Å². The van der Waals surface area contributed by atoms with Gasteiger partial charge >= 0.3 is 0 Å². The number of nitrogens with two attached hydrogens (primary N) is 1. The summed E-state index contributed by atoms with van der Waals surface area (Å²) >= 11 is 0. The molecule has 1 rings (SSSR count). The van der Waals surface area contributed by atoms with E-state index in [-0.39, 0.29) is 6.04 Å². The van der Waals surface area contributed by atoms with E-state index in [9.17, 15) is 8.42 Å². The van der Waals surface area contributed by atoms with Gasteiger partial charge in [-0.2, -0.15) is 0 Å². The van der Waals surface area contributed by atoms with Gasteiger partial charge in [0, 0.05) is 19.1 Å². The average Bonchev–Trinajstić information content (AvgIpc) is 2.24. The van der Waals surface area contributed by atoms with Crippen molar-refractivity contribution in [2.75, 3.05) is 19.3 Å². The van der Waals surface area contributed by atoms with Crippen LogP contribution in [0.4, 0.5) is 0 Å². The van der Waals surface area contributed by atoms with Crippen LogP contribution >= 0.6 is 0 Å². The Morgan fingerprint density at radius 2 is 2.12 bits per heavy atom. The highest BCUT2D eigenvalue weighted by molar-refractivity contribution is 7.88. The summed E-state index contributed by atoms with van der Waals surface area (Å²) < 4.78 is 24.6. The molecule has 0 amide bonds. The Morgan fingerprint density at radius 1 is 1.47 bits per heavy atom. The van der Waals surface area contributed by atoms with Crippen molar-refractivity contribution in [1.29, 1.82) is 0 Å². The maximum Gasteiger partial charge on any atom is 0.211 e. The number of hydrogen-bond acceptors (Lipinski definition) is 4. The quantitative estimate of drug-likeness (QED) is 0.560. The van der Waals surface area contributed by atoms with E-state index in [4.69, 9.17) is 5.84 Å². The number of hydrazine groups is 1. The third-order valence-corrected chi connectivity index (χ3v) is 4.83. The van der Waals surface area contributed by atoms with Gasteiger partial charge in [0.1, 0.15) is 0 Å². The monoisotopic (exact) mass is 263 g/mol. The molecule has 0 saturated carbocycles. The molecule has 1 saturated heterocycles. The summed E-state index contributed by atoms with van der Waals surface area (Å²) in [5.74, 6) is 6.41. The Balaban J connectivity index is 2.55. The molecule has 0 aromatic rings. The second kappa shape index (κ2) is 6.13. The molecule has 1 aliphatic heterocycles. The number of rotatable bonds is 5. The minimum absolute atomic E-state index is 0.263. The molecule has 0 radical (unpaired) electrons. The molecule has 3 N–H and O–H groups in total. The van der Waals surface area contributed by atoms with E-state index >= 15 is 0 Å². The van der Waals surface area contributed by atoms with Crippen molar-refractivity contribution in [2.45, 2.75) is 39.2 Å². The van der Waals surface area contributed by atoms with Crippen LogP contribution in [0.15, 0.2) is 0 Å². The van der Waals surface area contributed by atoms with Crippen LogP contribution in [-0.2, 0) is 10.0 Å². The first-order chi connectivity index (χ1) is 7.84. The lowest BCUT2D eigenvalue weighted by Gasteiger charge is -2.33. The molecular weight excluding hydrogens is 238 g/mol. The second-order valence-electron chi connectivity index (χ2n) is 5.38. The van der Waals surface area contributed by atoms with Crippen molar-refractivity contribution in [2.24, 2.45) is 17.7 Å². The lowest BCUT2D eigenvalue weighted by Crippen LogP contribution is -2.44. The van der Waals surface area contributed by atoms with E-state index < -0.39 is 10.0 Å². The molecule has 0 bridgehead atoms. The van der Waals surface area contributed by atoms with E-state index in [0.717, 1.165) is 19.3 Å². The van der Waals surface area contributed by atoms with Gasteiger partial charge in [0.25, 0.3) is 0 Å². The number of nitrogens with one attached hydrogen (secondary N) is 1. The van der Waals surface area contributed by atoms with Crippen molar-refractivity contribution in [3.63, 3.8) is 0 Å². The van der Waals surface area contributed by atoms with Crippen LogP contribution in [0.1, 0.15) is 33.1 Å². The fourth-order valence-electron chi connectivity index (χ4n) is 2.41. The number of nitrogens with zero attached hydrogens (tertiary/aromatic N) is 1. The maximum absolute atomic E-state index is 11.5. The van der Waals surface area contributed by atoms with Gasteiger partial charge in [-0.1, -0.05) is 13.8 Å². The highest BCUT2D eigenvalue weighted by atomic mass is 32.2. The SMILES string of the molecule is CC(C)C(CC1CCCN(S(C)(=O)=O)C1)NN. The maximum atomic E-state index is 11.5. The van der Waals surface area contributed by atoms with Crippen LogP contribution in [0.3, 0.4) is 0 Å². The first-order valence-electron chi connectivity index (χ1n) is 6.25. The Bertz CT molecular complexity index is 330. The van der Waals surface area contributed by atoms with Crippen molar-refractivity contribution >= 4 is 10.0 Å². The van der Waals surface area contributed by atoms with Gasteiger partial charge in [-0.05, 0) is 31.1 Å². The van der Waals surface area contributed by atoms with Gasteiger partial charge in [-0.25, -0.2) is 12.7 Å². The first kappa shape index (κ1) is 14.9. The van der Waals surface area contributed by atoms with E-state index in [0.29, 0.717) is 24.9 Å². The van der Waals surface area contributed by atoms with Gasteiger partial charge in [0.15, 0.2) is 0 Å². The van der Waals surface area contributed by atoms with Gasteiger partial charge < -0.3 is 0 Å². The van der Waals surface area contributed by atoms with Crippen molar-refractivity contribution in [3.8, 4) is 0 Å². The lowest BCUT2D eigenvalue weighted by molar-refractivity contribution is 0.222. The standard InChI is InChI=1S/C11H25N3O2S/c1-9(2)11(13-12)7-10-5-4-6-14(8-10)17(3,15)16/h9-11,13H,4-8,12H2,1-3H3. The smallest absolute Gasteiger partial charge is 0.211 e. The molecule has 5 nitrogen and oxygen atoms in total. The van der Waals surface area contributed by atoms with Crippen LogP contribution in [0.5, 0.6) is 0 Å². The normalized spacial score (nSPS) is 25.1. The largest absolute Gasteiger partial charge is 0.271 e. The highest BCUT2D eigenvalue weighted by Gasteiger charge is 2.28. The lowest BCUT2D eigenvalue weighted by atomic mass is 9.88. The molecule has 0 aromatic heterocycles. The Kier molecular flexibility index (Phi) is 5.37. The average molecular weight is 263 g/mol. The summed E-state index contributed by atoms with van der Waals surface area (Å²) in [6, 6.07) is 0.263. The Labute approximate surface area is 105 Å². The van der Waals surface area contributed by atoms with E-state index in [1.54, 1.807) is 4.31 Å². The van der Waals surface area contributed by atoms with Gasteiger partial charge in [0.05, 0.1) is 6.26 Å². The number of hydrogen-bond donors (Lipinski definition) is 2. The van der Waals surface area contributed by atoms with E-state index in [1.165, 1.54) is 6.26 Å². The Morgan fingerprint density at radius 3 is 2.59 bits per heavy atom. The summed E-state index contributed by atoms with van der Waals surface area (Å²) in [5, 5.41) is 0. The molecule has 0 aromatic carbocycles. The predicted octanol–water partition coefficient (Wildman–Crippen LogP) is 0.536. The van der Waals surface area contributed by atoms with Crippen molar-refractivity contribution in [1.82, 2.24) is 9.73 Å². The molecular formula is C11H25N3O2S. The molecule has 17 heavy (non-hydrogen) atoms.